The number of hydrogen-bond acceptors (Lipinski definition) is 1. The monoisotopic (exact) mass is 181 g/mol. The smallest absolute Gasteiger partial charge is 0.188 e. The molecule has 3 heteroatoms. The van der Waals surface area contributed by atoms with Crippen LogP contribution in [0, 0.1) is 11.8 Å². The molecule has 0 radical (unpaired) electrons. The number of nitrogens with one attached hydrogen (secondary N) is 1. The summed E-state index contributed by atoms with van der Waals surface area (Å²) in [5.41, 5.74) is 5.72. The Morgan fingerprint density at radius 1 is 1.38 bits per heavy atom. The summed E-state index contributed by atoms with van der Waals surface area (Å²) in [7, 11) is 0. The van der Waals surface area contributed by atoms with Crippen molar-refractivity contribution in [3.8, 4) is 0 Å². The third-order valence-electron chi connectivity index (χ3n) is 3.30. The highest BCUT2D eigenvalue weighted by molar-refractivity contribution is 5.78. The SMILES string of the molecule is CCN=C(N)NC1C2CCCCC21. The number of rotatable bonds is 2. The first-order valence-corrected chi connectivity index (χ1v) is 5.39. The molecule has 2 fully saturated rings. The third kappa shape index (κ3) is 1.79. The van der Waals surface area contributed by atoms with Crippen molar-refractivity contribution in [1.29, 1.82) is 0 Å². The predicted molar refractivity (Wildman–Crippen MR) is 54.5 cm³/mol. The average Bonchev–Trinajstić information content (AvgIpc) is 2.80. The Hall–Kier alpha value is -0.730. The Morgan fingerprint density at radius 2 is 2.00 bits per heavy atom. The van der Waals surface area contributed by atoms with Crippen molar-refractivity contribution >= 4 is 5.96 Å². The van der Waals surface area contributed by atoms with Crippen molar-refractivity contribution < 1.29 is 0 Å². The van der Waals surface area contributed by atoms with E-state index in [0.717, 1.165) is 18.4 Å². The molecule has 3 nitrogen and oxygen atoms in total. The van der Waals surface area contributed by atoms with Gasteiger partial charge in [0.2, 0.25) is 0 Å². The molecule has 0 aliphatic heterocycles. The van der Waals surface area contributed by atoms with Gasteiger partial charge >= 0.3 is 0 Å². The van der Waals surface area contributed by atoms with Crippen molar-refractivity contribution in [3.05, 3.63) is 0 Å². The van der Waals surface area contributed by atoms with Gasteiger partial charge in [-0.1, -0.05) is 12.8 Å². The van der Waals surface area contributed by atoms with Gasteiger partial charge in [0.15, 0.2) is 5.96 Å². The van der Waals surface area contributed by atoms with Gasteiger partial charge in [0, 0.05) is 12.6 Å². The van der Waals surface area contributed by atoms with E-state index in [1.807, 2.05) is 6.92 Å². The van der Waals surface area contributed by atoms with E-state index in [0.29, 0.717) is 12.0 Å². The Labute approximate surface area is 79.8 Å². The zero-order valence-electron chi connectivity index (χ0n) is 8.29. The predicted octanol–water partition coefficient (Wildman–Crippen LogP) is 1.10. The van der Waals surface area contributed by atoms with Gasteiger partial charge in [-0.15, -0.1) is 0 Å². The largest absolute Gasteiger partial charge is 0.370 e. The minimum Gasteiger partial charge on any atom is -0.370 e. The summed E-state index contributed by atoms with van der Waals surface area (Å²) in [6.45, 7) is 2.79. The number of hydrogen-bond donors (Lipinski definition) is 2. The first-order valence-electron chi connectivity index (χ1n) is 5.39. The van der Waals surface area contributed by atoms with E-state index < -0.39 is 0 Å². The van der Waals surface area contributed by atoms with E-state index >= 15 is 0 Å². The van der Waals surface area contributed by atoms with Crippen LogP contribution in [0.3, 0.4) is 0 Å². The second-order valence-corrected chi connectivity index (χ2v) is 4.14. The van der Waals surface area contributed by atoms with E-state index in [2.05, 4.69) is 10.3 Å². The molecule has 13 heavy (non-hydrogen) atoms. The van der Waals surface area contributed by atoms with Crippen molar-refractivity contribution in [3.63, 3.8) is 0 Å². The van der Waals surface area contributed by atoms with Crippen molar-refractivity contribution in [1.82, 2.24) is 5.32 Å². The number of aliphatic imine (C=N–C) groups is 1. The molecular weight excluding hydrogens is 162 g/mol. The Kier molecular flexibility index (Phi) is 2.42. The molecule has 2 aliphatic rings. The first kappa shape index (κ1) is 8.85. The molecule has 3 N–H and O–H groups in total. The van der Waals surface area contributed by atoms with Crippen LogP contribution in [-0.4, -0.2) is 18.5 Å². The molecule has 0 amide bonds. The lowest BCUT2D eigenvalue weighted by Crippen LogP contribution is -2.34. The summed E-state index contributed by atoms with van der Waals surface area (Å²) in [5, 5.41) is 3.32. The zero-order valence-corrected chi connectivity index (χ0v) is 8.29. The fourth-order valence-electron chi connectivity index (χ4n) is 2.59. The lowest BCUT2D eigenvalue weighted by molar-refractivity contribution is 0.480. The van der Waals surface area contributed by atoms with Gasteiger partial charge in [-0.2, -0.15) is 0 Å². The lowest BCUT2D eigenvalue weighted by Gasteiger charge is -2.04. The van der Waals surface area contributed by atoms with Crippen LogP contribution in [0.4, 0.5) is 0 Å². The van der Waals surface area contributed by atoms with Gasteiger partial charge in [0.25, 0.3) is 0 Å². The Balaban J connectivity index is 1.81. The molecule has 2 unspecified atom stereocenters. The number of guanidine groups is 1. The summed E-state index contributed by atoms with van der Waals surface area (Å²) < 4.78 is 0. The van der Waals surface area contributed by atoms with Gasteiger partial charge < -0.3 is 11.1 Å². The summed E-state index contributed by atoms with van der Waals surface area (Å²) in [4.78, 5) is 4.15. The number of nitrogens with zero attached hydrogens (tertiary/aromatic N) is 1. The van der Waals surface area contributed by atoms with Gasteiger partial charge in [-0.3, -0.25) is 4.99 Å². The first-order chi connectivity index (χ1) is 6.33. The van der Waals surface area contributed by atoms with Crippen molar-refractivity contribution in [2.45, 2.75) is 38.6 Å². The highest BCUT2D eigenvalue weighted by atomic mass is 15.1. The highest BCUT2D eigenvalue weighted by Gasteiger charge is 2.50. The summed E-state index contributed by atoms with van der Waals surface area (Å²) in [5.74, 6) is 2.45. The molecule has 0 spiro atoms. The van der Waals surface area contributed by atoms with E-state index in [1.54, 1.807) is 0 Å². The molecule has 0 heterocycles. The van der Waals surface area contributed by atoms with Crippen LogP contribution in [0.25, 0.3) is 0 Å². The zero-order chi connectivity index (χ0) is 9.26. The topological polar surface area (TPSA) is 50.4 Å². The number of fused-ring (bicyclic) bond motifs is 1. The second kappa shape index (κ2) is 3.56. The lowest BCUT2D eigenvalue weighted by atomic mass is 10.0. The minimum atomic E-state index is 0.641. The standard InChI is InChI=1S/C10H19N3/c1-2-12-10(11)13-9-7-5-3-4-6-8(7)9/h7-9H,2-6H2,1H3,(H3,11,12,13). The normalized spacial score (nSPS) is 38.2. The Morgan fingerprint density at radius 3 is 2.54 bits per heavy atom. The van der Waals surface area contributed by atoms with Gasteiger partial charge in [-0.05, 0) is 31.6 Å². The molecule has 0 aromatic heterocycles. The van der Waals surface area contributed by atoms with Crippen LogP contribution in [0.2, 0.25) is 0 Å². The number of nitrogens with two attached hydrogens (primary N) is 1. The maximum Gasteiger partial charge on any atom is 0.188 e. The maximum atomic E-state index is 5.72. The van der Waals surface area contributed by atoms with Crippen LogP contribution in [0.1, 0.15) is 32.6 Å². The van der Waals surface area contributed by atoms with Crippen LogP contribution in [0.5, 0.6) is 0 Å². The molecule has 0 saturated heterocycles. The second-order valence-electron chi connectivity index (χ2n) is 4.14. The van der Waals surface area contributed by atoms with E-state index in [9.17, 15) is 0 Å². The summed E-state index contributed by atoms with van der Waals surface area (Å²) in [6.07, 6.45) is 5.60. The fraction of sp³-hybridized carbons (Fsp3) is 0.900. The van der Waals surface area contributed by atoms with Gasteiger partial charge in [-0.25, -0.2) is 0 Å². The molecule has 2 rings (SSSR count). The van der Waals surface area contributed by atoms with Crippen LogP contribution in [-0.2, 0) is 0 Å². The van der Waals surface area contributed by atoms with Gasteiger partial charge in [0.05, 0.1) is 0 Å². The molecule has 0 aromatic rings. The maximum absolute atomic E-state index is 5.72. The van der Waals surface area contributed by atoms with Crippen LogP contribution < -0.4 is 11.1 Å². The van der Waals surface area contributed by atoms with E-state index in [-0.39, 0.29) is 0 Å². The fourth-order valence-corrected chi connectivity index (χ4v) is 2.59. The van der Waals surface area contributed by atoms with E-state index in [1.165, 1.54) is 25.7 Å². The van der Waals surface area contributed by atoms with Crippen molar-refractivity contribution in [2.24, 2.45) is 22.6 Å². The average molecular weight is 181 g/mol. The van der Waals surface area contributed by atoms with Crippen LogP contribution >= 0.6 is 0 Å². The molecule has 2 saturated carbocycles. The minimum absolute atomic E-state index is 0.641. The van der Waals surface area contributed by atoms with E-state index in [4.69, 9.17) is 5.73 Å². The third-order valence-corrected chi connectivity index (χ3v) is 3.30. The molecule has 0 bridgehead atoms. The highest BCUT2D eigenvalue weighted by Crippen LogP contribution is 2.49. The summed E-state index contributed by atoms with van der Waals surface area (Å²) >= 11 is 0. The Bertz CT molecular complexity index is 200. The summed E-state index contributed by atoms with van der Waals surface area (Å²) in [6, 6.07) is 0.651. The molecule has 74 valence electrons. The molecular formula is C10H19N3. The molecule has 2 aliphatic carbocycles. The molecule has 2 atom stereocenters. The van der Waals surface area contributed by atoms with Gasteiger partial charge in [0.1, 0.15) is 0 Å². The van der Waals surface area contributed by atoms with Crippen molar-refractivity contribution in [2.75, 3.05) is 6.54 Å². The quantitative estimate of drug-likeness (QED) is 0.495. The van der Waals surface area contributed by atoms with Crippen LogP contribution in [0.15, 0.2) is 4.99 Å². The molecule has 0 aromatic carbocycles.